The fourth-order valence-corrected chi connectivity index (χ4v) is 2.42. The van der Waals surface area contributed by atoms with Crippen molar-refractivity contribution in [2.24, 2.45) is 0 Å². The van der Waals surface area contributed by atoms with Gasteiger partial charge in [-0.25, -0.2) is 4.79 Å². The highest BCUT2D eigenvalue weighted by Crippen LogP contribution is 2.20. The molecule has 1 aromatic heterocycles. The highest BCUT2D eigenvalue weighted by Gasteiger charge is 2.08. The molecule has 0 unspecified atom stereocenters. The molecule has 0 aliphatic carbocycles. The van der Waals surface area contributed by atoms with Crippen LogP contribution in [0.4, 0.5) is 0 Å². The van der Waals surface area contributed by atoms with Gasteiger partial charge in [-0.05, 0) is 35.9 Å². The number of carboxylic acid groups (broad SMARTS) is 1. The maximum atomic E-state index is 11.0. The van der Waals surface area contributed by atoms with Crippen LogP contribution < -0.4 is 0 Å². The van der Waals surface area contributed by atoms with Gasteiger partial charge in [-0.15, -0.1) is 0 Å². The van der Waals surface area contributed by atoms with E-state index in [1.807, 2.05) is 35.0 Å². The van der Waals surface area contributed by atoms with E-state index in [1.165, 1.54) is 0 Å². The number of carbonyl (C=O) groups is 1. The summed E-state index contributed by atoms with van der Waals surface area (Å²) in [6, 6.07) is 16.6. The van der Waals surface area contributed by atoms with Crippen molar-refractivity contribution in [1.82, 2.24) is 4.57 Å². The molecule has 3 rings (SSSR count). The molecule has 0 bridgehead atoms. The van der Waals surface area contributed by atoms with Crippen molar-refractivity contribution in [2.45, 2.75) is 6.54 Å². The largest absolute Gasteiger partial charge is 0.478 e. The second kappa shape index (κ2) is 5.14. The molecule has 0 fully saturated rings. The molecule has 0 aliphatic rings. The number of fused-ring (bicyclic) bond motifs is 1. The number of rotatable bonds is 3. The van der Waals surface area contributed by atoms with Gasteiger partial charge in [-0.1, -0.05) is 18.2 Å². The van der Waals surface area contributed by atoms with Crippen LogP contribution in [0.2, 0.25) is 0 Å². The van der Waals surface area contributed by atoms with E-state index in [0.717, 1.165) is 16.5 Å². The Hall–Kier alpha value is -3.06. The van der Waals surface area contributed by atoms with Gasteiger partial charge in [0.15, 0.2) is 0 Å². The van der Waals surface area contributed by atoms with Crippen LogP contribution in [0.25, 0.3) is 10.9 Å². The number of aromatic nitrogens is 1. The highest BCUT2D eigenvalue weighted by molar-refractivity contribution is 5.93. The van der Waals surface area contributed by atoms with Gasteiger partial charge in [-0.3, -0.25) is 0 Å². The monoisotopic (exact) mass is 276 g/mol. The first kappa shape index (κ1) is 12.9. The maximum absolute atomic E-state index is 11.0. The Morgan fingerprint density at radius 3 is 2.76 bits per heavy atom. The van der Waals surface area contributed by atoms with Crippen molar-refractivity contribution in [3.8, 4) is 6.07 Å². The summed E-state index contributed by atoms with van der Waals surface area (Å²) in [6.45, 7) is 0.583. The number of nitrogens with zero attached hydrogens (tertiary/aromatic N) is 2. The van der Waals surface area contributed by atoms with Gasteiger partial charge in [0.05, 0.1) is 17.2 Å². The SMILES string of the molecule is N#Cc1ccccc1Cn1ccc2cc(C(=O)O)ccc21. The average Bonchev–Trinajstić information content (AvgIpc) is 2.90. The van der Waals surface area contributed by atoms with Crippen molar-refractivity contribution in [1.29, 1.82) is 5.26 Å². The van der Waals surface area contributed by atoms with E-state index in [-0.39, 0.29) is 5.56 Å². The van der Waals surface area contributed by atoms with Crippen LogP contribution >= 0.6 is 0 Å². The second-order valence-electron chi connectivity index (χ2n) is 4.79. The van der Waals surface area contributed by atoms with Crippen LogP contribution in [0.5, 0.6) is 0 Å². The predicted molar refractivity (Wildman–Crippen MR) is 79.2 cm³/mol. The minimum Gasteiger partial charge on any atom is -0.478 e. The van der Waals surface area contributed by atoms with Crippen LogP contribution in [-0.2, 0) is 6.54 Å². The quantitative estimate of drug-likeness (QED) is 0.798. The third-order valence-electron chi connectivity index (χ3n) is 3.50. The Morgan fingerprint density at radius 1 is 1.19 bits per heavy atom. The number of carboxylic acids is 1. The summed E-state index contributed by atoms with van der Waals surface area (Å²) < 4.78 is 2.01. The third kappa shape index (κ3) is 2.37. The average molecular weight is 276 g/mol. The molecule has 1 N–H and O–H groups in total. The Kier molecular flexibility index (Phi) is 3.17. The molecule has 0 saturated carbocycles. The summed E-state index contributed by atoms with van der Waals surface area (Å²) in [4.78, 5) is 11.0. The lowest BCUT2D eigenvalue weighted by atomic mass is 10.1. The van der Waals surface area contributed by atoms with Crippen LogP contribution in [0, 0.1) is 11.3 Å². The second-order valence-corrected chi connectivity index (χ2v) is 4.79. The molecule has 4 nitrogen and oxygen atoms in total. The molecule has 0 spiro atoms. The molecular formula is C17H12N2O2. The maximum Gasteiger partial charge on any atom is 0.335 e. The van der Waals surface area contributed by atoms with Gasteiger partial charge in [-0.2, -0.15) is 5.26 Å². The van der Waals surface area contributed by atoms with E-state index in [4.69, 9.17) is 10.4 Å². The van der Waals surface area contributed by atoms with Gasteiger partial charge in [0.1, 0.15) is 0 Å². The summed E-state index contributed by atoms with van der Waals surface area (Å²) in [7, 11) is 0. The van der Waals surface area contributed by atoms with E-state index >= 15 is 0 Å². The molecule has 1 heterocycles. The standard InChI is InChI=1S/C17H12N2O2/c18-10-14-3-1-2-4-15(14)11-19-8-7-12-9-13(17(20)21)5-6-16(12)19/h1-9H,11H2,(H,20,21). The Bertz CT molecular complexity index is 872. The number of benzene rings is 2. The van der Waals surface area contributed by atoms with E-state index in [9.17, 15) is 4.79 Å². The minimum atomic E-state index is -0.931. The Morgan fingerprint density at radius 2 is 2.00 bits per heavy atom. The van der Waals surface area contributed by atoms with Gasteiger partial charge in [0, 0.05) is 23.6 Å². The van der Waals surface area contributed by atoms with Crippen LogP contribution in [0.3, 0.4) is 0 Å². The first-order chi connectivity index (χ1) is 10.2. The van der Waals surface area contributed by atoms with Crippen LogP contribution in [-0.4, -0.2) is 15.6 Å². The lowest BCUT2D eigenvalue weighted by Crippen LogP contribution is -2.01. The van der Waals surface area contributed by atoms with E-state index in [1.54, 1.807) is 24.3 Å². The zero-order valence-electron chi connectivity index (χ0n) is 11.2. The van der Waals surface area contributed by atoms with Gasteiger partial charge in [0.25, 0.3) is 0 Å². The third-order valence-corrected chi connectivity index (χ3v) is 3.50. The summed E-state index contributed by atoms with van der Waals surface area (Å²) >= 11 is 0. The van der Waals surface area contributed by atoms with Crippen molar-refractivity contribution >= 4 is 16.9 Å². The first-order valence-electron chi connectivity index (χ1n) is 6.49. The summed E-state index contributed by atoms with van der Waals surface area (Å²) in [5.74, 6) is -0.931. The molecule has 0 radical (unpaired) electrons. The molecule has 0 saturated heterocycles. The topological polar surface area (TPSA) is 66.0 Å². The van der Waals surface area contributed by atoms with E-state index in [0.29, 0.717) is 12.1 Å². The zero-order chi connectivity index (χ0) is 14.8. The van der Waals surface area contributed by atoms with Crippen LogP contribution in [0.15, 0.2) is 54.7 Å². The molecule has 0 atom stereocenters. The smallest absolute Gasteiger partial charge is 0.335 e. The number of nitriles is 1. The molecule has 3 aromatic rings. The lowest BCUT2D eigenvalue weighted by molar-refractivity contribution is 0.0697. The molecule has 102 valence electrons. The molecular weight excluding hydrogens is 264 g/mol. The first-order valence-corrected chi connectivity index (χ1v) is 6.49. The molecule has 0 amide bonds. The normalized spacial score (nSPS) is 10.4. The molecule has 21 heavy (non-hydrogen) atoms. The van der Waals surface area contributed by atoms with Crippen LogP contribution in [0.1, 0.15) is 21.5 Å². The predicted octanol–water partition coefficient (Wildman–Crippen LogP) is 3.26. The summed E-state index contributed by atoms with van der Waals surface area (Å²) in [5.41, 5.74) is 2.83. The van der Waals surface area contributed by atoms with Crippen molar-refractivity contribution < 1.29 is 9.90 Å². The zero-order valence-corrected chi connectivity index (χ0v) is 11.2. The van der Waals surface area contributed by atoms with E-state index in [2.05, 4.69) is 6.07 Å². The summed E-state index contributed by atoms with van der Waals surface area (Å²) in [5, 5.41) is 19.0. The van der Waals surface area contributed by atoms with Gasteiger partial charge in [0.2, 0.25) is 0 Å². The fraction of sp³-hybridized carbons (Fsp3) is 0.0588. The Balaban J connectivity index is 2.02. The number of hydrogen-bond donors (Lipinski definition) is 1. The molecule has 0 aliphatic heterocycles. The molecule has 2 aromatic carbocycles. The number of hydrogen-bond acceptors (Lipinski definition) is 2. The van der Waals surface area contributed by atoms with Crippen molar-refractivity contribution in [3.63, 3.8) is 0 Å². The lowest BCUT2D eigenvalue weighted by Gasteiger charge is -2.07. The van der Waals surface area contributed by atoms with E-state index < -0.39 is 5.97 Å². The van der Waals surface area contributed by atoms with Crippen molar-refractivity contribution in [2.75, 3.05) is 0 Å². The minimum absolute atomic E-state index is 0.276. The van der Waals surface area contributed by atoms with Gasteiger partial charge >= 0.3 is 5.97 Å². The van der Waals surface area contributed by atoms with Crippen molar-refractivity contribution in [3.05, 3.63) is 71.4 Å². The molecule has 4 heteroatoms. The van der Waals surface area contributed by atoms with Gasteiger partial charge < -0.3 is 9.67 Å². The highest BCUT2D eigenvalue weighted by atomic mass is 16.4. The fourth-order valence-electron chi connectivity index (χ4n) is 2.42. The Labute approximate surface area is 121 Å². The summed E-state index contributed by atoms with van der Waals surface area (Å²) in [6.07, 6.45) is 1.91. The number of aromatic carboxylic acids is 1.